The molecular weight excluding hydrogens is 545 g/mol. The Bertz CT molecular complexity index is 1520. The zero-order valence-corrected chi connectivity index (χ0v) is 23.9. The average molecular weight is 578 g/mol. The predicted molar refractivity (Wildman–Crippen MR) is 155 cm³/mol. The van der Waals surface area contributed by atoms with E-state index >= 15 is 0 Å². The summed E-state index contributed by atoms with van der Waals surface area (Å²) in [7, 11) is 1.59. The molecule has 0 unspecified atom stereocenters. The molecule has 1 aliphatic carbocycles. The molecule has 0 N–H and O–H groups in total. The van der Waals surface area contributed by atoms with Crippen molar-refractivity contribution >= 4 is 33.4 Å². The summed E-state index contributed by atoms with van der Waals surface area (Å²) in [5, 5.41) is 0. The van der Waals surface area contributed by atoms with Gasteiger partial charge >= 0.3 is 6.09 Å². The summed E-state index contributed by atoms with van der Waals surface area (Å²) in [6.07, 6.45) is 6.00. The number of ketones is 1. The van der Waals surface area contributed by atoms with Crippen molar-refractivity contribution in [2.24, 2.45) is 5.92 Å². The number of hydrogen-bond donors (Lipinski definition) is 0. The van der Waals surface area contributed by atoms with Gasteiger partial charge in [0.25, 0.3) is 0 Å². The average Bonchev–Trinajstić information content (AvgIpc) is 3.66. The van der Waals surface area contributed by atoms with Crippen LogP contribution in [0.1, 0.15) is 37.3 Å². The van der Waals surface area contributed by atoms with E-state index in [2.05, 4.69) is 9.97 Å². The van der Waals surface area contributed by atoms with E-state index in [1.165, 1.54) is 17.4 Å². The molecule has 1 fully saturated rings. The molecule has 8 nitrogen and oxygen atoms in total. The number of thiophene rings is 1. The summed E-state index contributed by atoms with van der Waals surface area (Å²) in [5.74, 6) is 0.728. The van der Waals surface area contributed by atoms with Gasteiger partial charge in [-0.1, -0.05) is 12.1 Å². The molecule has 0 bridgehead atoms. The molecule has 1 aromatic carbocycles. The molecule has 3 aromatic heterocycles. The third kappa shape index (κ3) is 7.45. The molecule has 0 spiro atoms. The second-order valence-corrected chi connectivity index (χ2v) is 11.1. The first-order valence-corrected chi connectivity index (χ1v) is 14.5. The van der Waals surface area contributed by atoms with Gasteiger partial charge in [0.05, 0.1) is 40.5 Å². The van der Waals surface area contributed by atoms with E-state index in [-0.39, 0.29) is 18.0 Å². The van der Waals surface area contributed by atoms with Gasteiger partial charge in [0.1, 0.15) is 11.5 Å². The summed E-state index contributed by atoms with van der Waals surface area (Å²) in [6, 6.07) is 12.1. The third-order valence-electron chi connectivity index (χ3n) is 6.75. The van der Waals surface area contributed by atoms with Crippen molar-refractivity contribution in [3.05, 3.63) is 71.8 Å². The highest BCUT2D eigenvalue weighted by Crippen LogP contribution is 2.39. The second kappa shape index (κ2) is 13.2. The number of Topliss-reactive ketones (excluding diaryl/α,β-unsaturated/α-hetero) is 1. The number of carbonyl (C=O) groups is 2. The number of amides is 1. The first kappa shape index (κ1) is 28.6. The third-order valence-corrected chi connectivity index (χ3v) is 7.91. The SMILES string of the molecule is CCOC(=O)N(CCOC)Cc1ccc(-c2cc3nccc(Oc4ccc(CC(=O)CC5CC5)cc4F)c3s2)nc1. The lowest BCUT2D eigenvalue weighted by Crippen LogP contribution is -2.34. The maximum atomic E-state index is 14.9. The van der Waals surface area contributed by atoms with Crippen LogP contribution in [0.2, 0.25) is 0 Å². The standard InChI is InChI=1S/C31H32FN3O5S/c1-3-39-31(37)35(12-13-38-2)19-22-6-8-25(34-18-22)29-17-26-30(41-29)28(10-11-33-26)40-27-9-7-21(16-24(27)32)15-23(36)14-20-4-5-20/h6-11,16-18,20H,3-5,12-15,19H2,1-2H3. The van der Waals surface area contributed by atoms with Gasteiger partial charge in [-0.25, -0.2) is 9.18 Å². The molecule has 1 aliphatic rings. The minimum absolute atomic E-state index is 0.0907. The Morgan fingerprint density at radius 2 is 1.90 bits per heavy atom. The van der Waals surface area contributed by atoms with Gasteiger partial charge in [-0.2, -0.15) is 0 Å². The molecule has 41 heavy (non-hydrogen) atoms. The minimum Gasteiger partial charge on any atom is -0.453 e. The van der Waals surface area contributed by atoms with Crippen LogP contribution in [0.5, 0.6) is 11.5 Å². The molecule has 0 saturated heterocycles. The maximum absolute atomic E-state index is 14.9. The van der Waals surface area contributed by atoms with E-state index < -0.39 is 11.9 Å². The highest BCUT2D eigenvalue weighted by atomic mass is 32.1. The van der Waals surface area contributed by atoms with Gasteiger partial charge in [-0.15, -0.1) is 11.3 Å². The smallest absolute Gasteiger partial charge is 0.410 e. The highest BCUT2D eigenvalue weighted by Gasteiger charge is 2.24. The monoisotopic (exact) mass is 577 g/mol. The van der Waals surface area contributed by atoms with E-state index in [1.807, 2.05) is 18.2 Å². The molecular formula is C31H32FN3O5S. The van der Waals surface area contributed by atoms with E-state index in [1.54, 1.807) is 49.5 Å². The number of methoxy groups -OCH3 is 1. The van der Waals surface area contributed by atoms with Gasteiger partial charge in [-0.05, 0) is 61.1 Å². The lowest BCUT2D eigenvalue weighted by atomic mass is 10.0. The zero-order chi connectivity index (χ0) is 28.8. The van der Waals surface area contributed by atoms with E-state index in [9.17, 15) is 14.0 Å². The Balaban J connectivity index is 1.29. The first-order valence-electron chi connectivity index (χ1n) is 13.7. The number of ether oxygens (including phenoxy) is 3. The normalized spacial score (nSPS) is 12.9. The quantitative estimate of drug-likeness (QED) is 0.172. The number of rotatable bonds is 13. The van der Waals surface area contributed by atoms with Crippen molar-refractivity contribution in [2.75, 3.05) is 26.9 Å². The van der Waals surface area contributed by atoms with Crippen molar-refractivity contribution in [1.82, 2.24) is 14.9 Å². The Kier molecular flexibility index (Phi) is 9.21. The maximum Gasteiger partial charge on any atom is 0.410 e. The van der Waals surface area contributed by atoms with Gasteiger partial charge < -0.3 is 19.1 Å². The van der Waals surface area contributed by atoms with Crippen LogP contribution >= 0.6 is 11.3 Å². The number of nitrogens with zero attached hydrogens (tertiary/aromatic N) is 3. The van der Waals surface area contributed by atoms with Crippen LogP contribution in [0.3, 0.4) is 0 Å². The largest absolute Gasteiger partial charge is 0.453 e. The summed E-state index contributed by atoms with van der Waals surface area (Å²) >= 11 is 1.45. The van der Waals surface area contributed by atoms with Crippen molar-refractivity contribution < 1.29 is 28.2 Å². The molecule has 0 aliphatic heterocycles. The second-order valence-electron chi connectivity index (χ2n) is 10.0. The Morgan fingerprint density at radius 3 is 2.61 bits per heavy atom. The Morgan fingerprint density at radius 1 is 1.07 bits per heavy atom. The predicted octanol–water partition coefficient (Wildman–Crippen LogP) is 6.81. The Hall–Kier alpha value is -3.89. The fourth-order valence-electron chi connectivity index (χ4n) is 4.46. The van der Waals surface area contributed by atoms with Crippen LogP contribution in [0.25, 0.3) is 20.8 Å². The van der Waals surface area contributed by atoms with Crippen LogP contribution < -0.4 is 4.74 Å². The van der Waals surface area contributed by atoms with Gasteiger partial charge in [0.15, 0.2) is 11.6 Å². The molecule has 10 heteroatoms. The minimum atomic E-state index is -0.511. The Labute approximate surface area is 242 Å². The molecule has 1 saturated carbocycles. The van der Waals surface area contributed by atoms with Crippen LogP contribution in [-0.2, 0) is 27.2 Å². The molecule has 0 radical (unpaired) electrons. The van der Waals surface area contributed by atoms with Crippen molar-refractivity contribution in [2.45, 2.75) is 39.2 Å². The van der Waals surface area contributed by atoms with E-state index in [0.717, 1.165) is 33.7 Å². The fraction of sp³-hybridized carbons (Fsp3) is 0.355. The lowest BCUT2D eigenvalue weighted by Gasteiger charge is -2.21. The molecule has 1 amide bonds. The van der Waals surface area contributed by atoms with Gasteiger partial charge in [0.2, 0.25) is 0 Å². The number of halogens is 1. The van der Waals surface area contributed by atoms with E-state index in [0.29, 0.717) is 55.5 Å². The molecule has 4 aromatic rings. The number of aromatic nitrogens is 2. The number of hydrogen-bond acceptors (Lipinski definition) is 8. The molecule has 5 rings (SSSR count). The van der Waals surface area contributed by atoms with Crippen LogP contribution in [0, 0.1) is 11.7 Å². The number of benzene rings is 1. The van der Waals surface area contributed by atoms with Gasteiger partial charge in [0, 0.05) is 45.0 Å². The summed E-state index contributed by atoms with van der Waals surface area (Å²) in [6.45, 7) is 3.22. The zero-order valence-electron chi connectivity index (χ0n) is 23.1. The van der Waals surface area contributed by atoms with Gasteiger partial charge in [-0.3, -0.25) is 14.8 Å². The molecule has 0 atom stereocenters. The van der Waals surface area contributed by atoms with Crippen molar-refractivity contribution in [3.63, 3.8) is 0 Å². The topological polar surface area (TPSA) is 90.9 Å². The van der Waals surface area contributed by atoms with Crippen LogP contribution in [-0.4, -0.2) is 53.6 Å². The number of fused-ring (bicyclic) bond motifs is 1. The van der Waals surface area contributed by atoms with E-state index in [4.69, 9.17) is 14.2 Å². The summed E-state index contributed by atoms with van der Waals surface area (Å²) in [5.41, 5.74) is 2.96. The number of carbonyl (C=O) groups excluding carboxylic acids is 2. The summed E-state index contributed by atoms with van der Waals surface area (Å²) in [4.78, 5) is 36.0. The van der Waals surface area contributed by atoms with Crippen molar-refractivity contribution in [1.29, 1.82) is 0 Å². The van der Waals surface area contributed by atoms with Crippen LogP contribution in [0.4, 0.5) is 9.18 Å². The summed E-state index contributed by atoms with van der Waals surface area (Å²) < 4.78 is 31.9. The lowest BCUT2D eigenvalue weighted by molar-refractivity contribution is -0.118. The highest BCUT2D eigenvalue weighted by molar-refractivity contribution is 7.22. The number of pyridine rings is 2. The van der Waals surface area contributed by atoms with Crippen LogP contribution in [0.15, 0.2) is 54.9 Å². The molecule has 3 heterocycles. The molecule has 214 valence electrons. The van der Waals surface area contributed by atoms with Crippen molar-refractivity contribution in [3.8, 4) is 22.1 Å². The fourth-order valence-corrected chi connectivity index (χ4v) is 5.50. The first-order chi connectivity index (χ1) is 19.9.